The molecule has 0 aromatic heterocycles. The third-order valence-corrected chi connectivity index (χ3v) is 0. The number of hydrogen-bond donors (Lipinski definition) is 0. The van der Waals surface area contributed by atoms with E-state index in [9.17, 15) is 0 Å². The second-order valence-corrected chi connectivity index (χ2v) is 0. The molecule has 0 aliphatic heterocycles. The van der Waals surface area contributed by atoms with E-state index in [1.54, 1.807) is 0 Å². The van der Waals surface area contributed by atoms with Gasteiger partial charge in [-0.3, -0.25) is 0 Å². The van der Waals surface area contributed by atoms with E-state index in [1.807, 2.05) is 0 Å². The van der Waals surface area contributed by atoms with Crippen LogP contribution in [-0.2, 0) is 26.2 Å². The van der Waals surface area contributed by atoms with Gasteiger partial charge in [-0.05, 0) is 0 Å². The first-order valence-electron chi connectivity index (χ1n) is 0. The van der Waals surface area contributed by atoms with Crippen molar-refractivity contribution in [3.8, 4) is 0 Å². The van der Waals surface area contributed by atoms with Gasteiger partial charge in [0.25, 0.3) is 0 Å². The van der Waals surface area contributed by atoms with E-state index in [2.05, 4.69) is 0 Å². The van der Waals surface area contributed by atoms with Crippen molar-refractivity contribution < 1.29 is 110 Å². The van der Waals surface area contributed by atoms with Crippen LogP contribution in [0.4, 0.5) is 0 Å². The molecular formula is H2GdMgNdZr. The molecule has 0 atom stereocenters. The molecule has 0 N–H and O–H groups in total. The Bertz CT molecular complexity index is 13.5. The van der Waals surface area contributed by atoms with Gasteiger partial charge in [0.1, 0.15) is 0 Å². The van der Waals surface area contributed by atoms with Crippen LogP contribution >= 0.6 is 0 Å². The number of rotatable bonds is 0. The van der Waals surface area contributed by atoms with Crippen LogP contribution in [0.3, 0.4) is 0 Å². The molecule has 0 aliphatic carbocycles. The first kappa shape index (κ1) is 23.9. The van der Waals surface area contributed by atoms with Gasteiger partial charge in [-0.15, -0.1) is 0 Å². The molecule has 0 saturated heterocycles. The van der Waals surface area contributed by atoms with Gasteiger partial charge < -0.3 is 2.85 Å². The monoisotopic (exact) mass is 416 g/mol. The summed E-state index contributed by atoms with van der Waals surface area (Å²) in [6.07, 6.45) is 0. The van der Waals surface area contributed by atoms with Gasteiger partial charge in [0.05, 0.1) is 0 Å². The van der Waals surface area contributed by atoms with Crippen LogP contribution in [0.15, 0.2) is 0 Å². The SMILES string of the molecule is [Gd].[H-].[H-].[Mg+2].[Nd].[Zr]. The molecule has 0 saturated carbocycles. The molecule has 0 spiro atoms. The summed E-state index contributed by atoms with van der Waals surface area (Å²) in [5.74, 6) is 0. The molecule has 20 valence electrons. The Kier molecular flexibility index (Phi) is 93.5. The summed E-state index contributed by atoms with van der Waals surface area (Å²) in [6, 6.07) is 0. The molecule has 0 aromatic carbocycles. The van der Waals surface area contributed by atoms with E-state index in [0.717, 1.165) is 0 Å². The zero-order chi connectivity index (χ0) is 0. The Morgan fingerprint density at radius 2 is 1.25 bits per heavy atom. The Labute approximate surface area is 129 Å². The van der Waals surface area contributed by atoms with Gasteiger partial charge in [0, 0.05) is 107 Å². The fraction of sp³-hybridized carbons (Fsp3) is 0. The van der Waals surface area contributed by atoms with Gasteiger partial charge in [0.2, 0.25) is 0 Å². The van der Waals surface area contributed by atoms with Gasteiger partial charge in [-0.25, -0.2) is 0 Å². The minimum atomic E-state index is 0. The standard InChI is InChI=1S/Gd.Mg.Nd.Zr.2H/q;+2;;;2*-1. The van der Waals surface area contributed by atoms with Crippen LogP contribution < -0.4 is 0 Å². The summed E-state index contributed by atoms with van der Waals surface area (Å²) in [5.41, 5.74) is 0. The fourth-order valence-electron chi connectivity index (χ4n) is 0. The third kappa shape index (κ3) is 9.59. The number of hydrogen-bond acceptors (Lipinski definition) is 0. The molecular weight excluding hydrogens is 417 g/mol. The second kappa shape index (κ2) is 15.7. The van der Waals surface area contributed by atoms with Crippen molar-refractivity contribution in [2.45, 2.75) is 0 Å². The van der Waals surface area contributed by atoms with Gasteiger partial charge in [-0.1, -0.05) is 0 Å². The van der Waals surface area contributed by atoms with Crippen LogP contribution in [-0.4, -0.2) is 23.1 Å². The van der Waals surface area contributed by atoms with E-state index in [0.29, 0.717) is 0 Å². The maximum absolute atomic E-state index is 0. The fourth-order valence-corrected chi connectivity index (χ4v) is 0. The quantitative estimate of drug-likeness (QED) is 0.480. The van der Waals surface area contributed by atoms with E-state index in [-0.39, 0.29) is 133 Å². The summed E-state index contributed by atoms with van der Waals surface area (Å²) in [5, 5.41) is 0. The predicted octanol–water partition coefficient (Wildman–Crippen LogP) is -0.158. The molecule has 0 radical (unpaired) electrons. The zero-order valence-electron chi connectivity index (χ0n) is 4.06. The van der Waals surface area contributed by atoms with Gasteiger partial charge in [0.15, 0.2) is 0 Å². The van der Waals surface area contributed by atoms with Crippen LogP contribution in [0.25, 0.3) is 0 Å². The molecule has 0 nitrogen and oxygen atoms in total. The smallest absolute Gasteiger partial charge is 1.00 e. The largest absolute Gasteiger partial charge is 2.00 e. The predicted molar refractivity (Wildman–Crippen MR) is 7.98 cm³/mol. The Morgan fingerprint density at radius 3 is 1.25 bits per heavy atom. The summed E-state index contributed by atoms with van der Waals surface area (Å²) in [7, 11) is 0. The third-order valence-electron chi connectivity index (χ3n) is 0. The van der Waals surface area contributed by atoms with Crippen molar-refractivity contribution in [2.75, 3.05) is 0 Å². The van der Waals surface area contributed by atoms with Crippen molar-refractivity contribution in [3.05, 3.63) is 0 Å². The molecule has 0 fully saturated rings. The van der Waals surface area contributed by atoms with E-state index in [4.69, 9.17) is 0 Å². The van der Waals surface area contributed by atoms with Crippen molar-refractivity contribution in [3.63, 3.8) is 0 Å². The summed E-state index contributed by atoms with van der Waals surface area (Å²) >= 11 is 0. The van der Waals surface area contributed by atoms with E-state index in [1.165, 1.54) is 0 Å². The molecule has 0 unspecified atom stereocenters. The van der Waals surface area contributed by atoms with Crippen molar-refractivity contribution in [1.82, 2.24) is 0 Å². The van der Waals surface area contributed by atoms with Crippen molar-refractivity contribution >= 4 is 23.1 Å². The average molecular weight is 419 g/mol. The van der Waals surface area contributed by atoms with E-state index < -0.39 is 0 Å². The normalized spacial score (nSPS) is 0. The Balaban J connectivity index is 0. The minimum absolute atomic E-state index is 0. The maximum atomic E-state index is 0. The summed E-state index contributed by atoms with van der Waals surface area (Å²) in [4.78, 5) is 0. The minimum Gasteiger partial charge on any atom is -1.00 e. The maximum Gasteiger partial charge on any atom is 2.00 e. The van der Waals surface area contributed by atoms with Gasteiger partial charge in [-0.2, -0.15) is 0 Å². The first-order valence-corrected chi connectivity index (χ1v) is 0. The topological polar surface area (TPSA) is 0 Å². The van der Waals surface area contributed by atoms with E-state index >= 15 is 0 Å². The summed E-state index contributed by atoms with van der Waals surface area (Å²) in [6.45, 7) is 0. The molecule has 0 bridgehead atoms. The molecule has 0 rings (SSSR count). The molecule has 0 heterocycles. The van der Waals surface area contributed by atoms with Crippen LogP contribution in [0.1, 0.15) is 2.85 Å². The molecule has 4 heteroatoms. The zero-order valence-corrected chi connectivity index (χ0v) is 11.4. The molecule has 0 aliphatic rings. The molecule has 0 amide bonds. The first-order chi connectivity index (χ1) is 0. The molecule has 0 aromatic rings. The second-order valence-electron chi connectivity index (χ2n) is 0. The molecule has 4 heavy (non-hydrogen) atoms. The van der Waals surface area contributed by atoms with Crippen LogP contribution in [0, 0.1) is 80.8 Å². The van der Waals surface area contributed by atoms with Crippen LogP contribution in [0.5, 0.6) is 0 Å². The summed E-state index contributed by atoms with van der Waals surface area (Å²) < 4.78 is 0. The Hall–Kier alpha value is 4.32. The average Bonchev–Trinajstić information content (AvgIpc) is 0. The van der Waals surface area contributed by atoms with Gasteiger partial charge >= 0.3 is 23.1 Å². The van der Waals surface area contributed by atoms with Crippen molar-refractivity contribution in [2.24, 2.45) is 0 Å². The van der Waals surface area contributed by atoms with Crippen molar-refractivity contribution in [1.29, 1.82) is 0 Å². The van der Waals surface area contributed by atoms with Crippen LogP contribution in [0.2, 0.25) is 0 Å². The Morgan fingerprint density at radius 1 is 1.25 bits per heavy atom.